The van der Waals surface area contributed by atoms with Gasteiger partial charge in [-0.3, -0.25) is 4.79 Å². The van der Waals surface area contributed by atoms with E-state index in [9.17, 15) is 4.79 Å². The molecule has 3 heterocycles. The minimum absolute atomic E-state index is 0.0615. The lowest BCUT2D eigenvalue weighted by molar-refractivity contribution is -0.138. The van der Waals surface area contributed by atoms with E-state index in [2.05, 4.69) is 28.6 Å². The second-order valence-electron chi connectivity index (χ2n) is 8.45. The van der Waals surface area contributed by atoms with Gasteiger partial charge in [0.15, 0.2) is 11.5 Å². The summed E-state index contributed by atoms with van der Waals surface area (Å²) in [6.07, 6.45) is 8.72. The molecule has 1 aliphatic carbocycles. The largest absolute Gasteiger partial charge is 0.454 e. The van der Waals surface area contributed by atoms with Gasteiger partial charge in [0.1, 0.15) is 0 Å². The maximum Gasteiger partial charge on any atom is 0.231 e. The van der Waals surface area contributed by atoms with Gasteiger partial charge in [0.25, 0.3) is 0 Å². The van der Waals surface area contributed by atoms with E-state index in [0.29, 0.717) is 25.8 Å². The normalized spacial score (nSPS) is 24.5. The Hall–Kier alpha value is -2.50. The van der Waals surface area contributed by atoms with Gasteiger partial charge in [0, 0.05) is 25.2 Å². The number of ether oxygens (including phenoxy) is 2. The Kier molecular flexibility index (Phi) is 3.88. The van der Waals surface area contributed by atoms with Crippen molar-refractivity contribution in [1.29, 1.82) is 0 Å². The molecule has 1 aromatic heterocycles. The summed E-state index contributed by atoms with van der Waals surface area (Å²) in [5.74, 6) is 1.90. The summed E-state index contributed by atoms with van der Waals surface area (Å²) in [4.78, 5) is 18.9. The van der Waals surface area contributed by atoms with E-state index in [1.54, 1.807) is 0 Å². The second-order valence-corrected chi connectivity index (χ2v) is 8.45. The fourth-order valence-electron chi connectivity index (χ4n) is 4.36. The van der Waals surface area contributed by atoms with Crippen LogP contribution in [0.2, 0.25) is 0 Å². The van der Waals surface area contributed by atoms with Crippen molar-refractivity contribution in [3.8, 4) is 11.5 Å². The number of piperidine rings is 1. The minimum atomic E-state index is 0.0615. The van der Waals surface area contributed by atoms with Gasteiger partial charge in [0.05, 0.1) is 18.6 Å². The van der Waals surface area contributed by atoms with Gasteiger partial charge in [-0.25, -0.2) is 4.98 Å². The van der Waals surface area contributed by atoms with Crippen molar-refractivity contribution >= 4 is 5.91 Å². The van der Waals surface area contributed by atoms with E-state index in [0.717, 1.165) is 36.6 Å². The molecule has 0 bridgehead atoms. The van der Waals surface area contributed by atoms with Crippen LogP contribution in [0.3, 0.4) is 0 Å². The Balaban J connectivity index is 1.31. The first-order chi connectivity index (χ1) is 13.1. The number of fused-ring (bicyclic) bond motifs is 1. The number of benzene rings is 1. The molecule has 6 nitrogen and oxygen atoms in total. The van der Waals surface area contributed by atoms with Crippen LogP contribution in [0, 0.1) is 5.41 Å². The molecule has 27 heavy (non-hydrogen) atoms. The quantitative estimate of drug-likeness (QED) is 0.813. The highest BCUT2D eigenvalue weighted by atomic mass is 16.7. The van der Waals surface area contributed by atoms with Crippen molar-refractivity contribution in [3.63, 3.8) is 0 Å². The monoisotopic (exact) mass is 367 g/mol. The number of imidazole rings is 1. The molecule has 3 aliphatic rings. The SMILES string of the molecule is C[C@]1(Cc2ccc3c(c2)OCO3)CCC(=O)N(Cc2cncn2C2CC2)C1. The topological polar surface area (TPSA) is 56.6 Å². The molecule has 2 aliphatic heterocycles. The number of aromatic nitrogens is 2. The molecule has 1 saturated carbocycles. The Bertz CT molecular complexity index is 873. The number of carbonyl (C=O) groups is 1. The summed E-state index contributed by atoms with van der Waals surface area (Å²) in [5, 5.41) is 0. The van der Waals surface area contributed by atoms with Crippen LogP contribution in [-0.4, -0.2) is 33.7 Å². The molecule has 6 heteroatoms. The average molecular weight is 367 g/mol. The van der Waals surface area contributed by atoms with Gasteiger partial charge in [0.2, 0.25) is 12.7 Å². The lowest BCUT2D eigenvalue weighted by Crippen LogP contribution is -2.45. The molecule has 1 atom stereocenters. The molecular weight excluding hydrogens is 342 g/mol. The van der Waals surface area contributed by atoms with Gasteiger partial charge in [-0.15, -0.1) is 0 Å². The summed E-state index contributed by atoms with van der Waals surface area (Å²) in [5.41, 5.74) is 2.45. The first-order valence-electron chi connectivity index (χ1n) is 9.77. The molecule has 0 N–H and O–H groups in total. The Morgan fingerprint density at radius 2 is 2.11 bits per heavy atom. The lowest BCUT2D eigenvalue weighted by atomic mass is 9.76. The predicted octanol–water partition coefficient (Wildman–Crippen LogP) is 3.32. The molecule has 0 unspecified atom stereocenters. The van der Waals surface area contributed by atoms with Crippen LogP contribution in [0.1, 0.15) is 49.9 Å². The fourth-order valence-corrected chi connectivity index (χ4v) is 4.36. The van der Waals surface area contributed by atoms with Crippen LogP contribution in [0.15, 0.2) is 30.7 Å². The standard InChI is InChI=1S/C21H25N3O3/c1-21(9-15-2-5-18-19(8-15)27-14-26-18)7-6-20(25)23(12-21)11-17-10-22-13-24(17)16-3-4-16/h2,5,8,10,13,16H,3-4,6-7,9,11-12,14H2,1H3/t21-/m1/s1. The first kappa shape index (κ1) is 16.7. The van der Waals surface area contributed by atoms with E-state index in [1.165, 1.54) is 18.4 Å². The van der Waals surface area contributed by atoms with Gasteiger partial charge in [-0.05, 0) is 48.8 Å². The van der Waals surface area contributed by atoms with Gasteiger partial charge in [-0.2, -0.15) is 0 Å². The van der Waals surface area contributed by atoms with E-state index in [4.69, 9.17) is 9.47 Å². The summed E-state index contributed by atoms with van der Waals surface area (Å²) in [7, 11) is 0. The number of amides is 1. The zero-order valence-electron chi connectivity index (χ0n) is 15.7. The predicted molar refractivity (Wildman–Crippen MR) is 99.5 cm³/mol. The number of nitrogens with zero attached hydrogens (tertiary/aromatic N) is 3. The molecule has 1 saturated heterocycles. The highest BCUT2D eigenvalue weighted by Crippen LogP contribution is 2.39. The summed E-state index contributed by atoms with van der Waals surface area (Å²) in [6, 6.07) is 6.77. The number of likely N-dealkylation sites (tertiary alicyclic amines) is 1. The maximum atomic E-state index is 12.6. The van der Waals surface area contributed by atoms with E-state index in [1.807, 2.05) is 23.5 Å². The first-order valence-corrected chi connectivity index (χ1v) is 9.77. The lowest BCUT2D eigenvalue weighted by Gasteiger charge is -2.40. The van der Waals surface area contributed by atoms with Crippen molar-refractivity contribution in [3.05, 3.63) is 42.0 Å². The van der Waals surface area contributed by atoms with Crippen molar-refractivity contribution in [2.24, 2.45) is 5.41 Å². The van der Waals surface area contributed by atoms with Gasteiger partial charge >= 0.3 is 0 Å². The second kappa shape index (κ2) is 6.29. The number of hydrogen-bond acceptors (Lipinski definition) is 4. The highest BCUT2D eigenvalue weighted by Gasteiger charge is 2.36. The van der Waals surface area contributed by atoms with E-state index >= 15 is 0 Å². The fraction of sp³-hybridized carbons (Fsp3) is 0.524. The molecule has 1 aromatic carbocycles. The molecular formula is C21H25N3O3. The zero-order valence-corrected chi connectivity index (χ0v) is 15.7. The summed E-state index contributed by atoms with van der Waals surface area (Å²) < 4.78 is 13.2. The smallest absolute Gasteiger partial charge is 0.231 e. The third kappa shape index (κ3) is 3.29. The molecule has 0 radical (unpaired) electrons. The molecule has 0 spiro atoms. The van der Waals surface area contributed by atoms with Crippen LogP contribution in [-0.2, 0) is 17.8 Å². The molecule has 5 rings (SSSR count). The van der Waals surface area contributed by atoms with Gasteiger partial charge < -0.3 is 18.9 Å². The maximum absolute atomic E-state index is 12.6. The van der Waals surface area contributed by atoms with Crippen molar-refractivity contribution in [2.75, 3.05) is 13.3 Å². The average Bonchev–Trinajstić information content (AvgIpc) is 3.20. The Labute approximate surface area is 159 Å². The summed E-state index contributed by atoms with van der Waals surface area (Å²) in [6.45, 7) is 4.02. The molecule has 1 amide bonds. The van der Waals surface area contributed by atoms with Crippen molar-refractivity contribution in [2.45, 2.75) is 51.6 Å². The summed E-state index contributed by atoms with van der Waals surface area (Å²) >= 11 is 0. The Morgan fingerprint density at radius 1 is 1.26 bits per heavy atom. The number of rotatable bonds is 5. The van der Waals surface area contributed by atoms with Crippen LogP contribution >= 0.6 is 0 Å². The van der Waals surface area contributed by atoms with E-state index < -0.39 is 0 Å². The molecule has 2 aromatic rings. The van der Waals surface area contributed by atoms with Crippen LogP contribution in [0.25, 0.3) is 0 Å². The third-order valence-corrected chi connectivity index (χ3v) is 5.97. The van der Waals surface area contributed by atoms with Crippen LogP contribution in [0.5, 0.6) is 11.5 Å². The van der Waals surface area contributed by atoms with Crippen LogP contribution < -0.4 is 9.47 Å². The molecule has 142 valence electrons. The Morgan fingerprint density at radius 3 is 2.96 bits per heavy atom. The highest BCUT2D eigenvalue weighted by molar-refractivity contribution is 5.77. The number of hydrogen-bond donors (Lipinski definition) is 0. The van der Waals surface area contributed by atoms with Gasteiger partial charge in [-0.1, -0.05) is 13.0 Å². The van der Waals surface area contributed by atoms with Crippen molar-refractivity contribution < 1.29 is 14.3 Å². The van der Waals surface area contributed by atoms with Crippen LogP contribution in [0.4, 0.5) is 0 Å². The zero-order chi connectivity index (χ0) is 18.4. The minimum Gasteiger partial charge on any atom is -0.454 e. The third-order valence-electron chi connectivity index (χ3n) is 5.97. The van der Waals surface area contributed by atoms with Crippen molar-refractivity contribution in [1.82, 2.24) is 14.5 Å². The molecule has 2 fully saturated rings. The van der Waals surface area contributed by atoms with E-state index in [-0.39, 0.29) is 11.3 Å². The number of carbonyl (C=O) groups excluding carboxylic acids is 1.